The first-order valence-electron chi connectivity index (χ1n) is 12.9. The number of likely N-dealkylation sites (tertiary alicyclic amines) is 1. The van der Waals surface area contributed by atoms with E-state index in [0.29, 0.717) is 31.2 Å². The van der Waals surface area contributed by atoms with Gasteiger partial charge in [0.2, 0.25) is 11.8 Å². The third-order valence-electron chi connectivity index (χ3n) is 7.75. The Kier molecular flexibility index (Phi) is 6.11. The van der Waals surface area contributed by atoms with Gasteiger partial charge in [-0.1, -0.05) is 17.7 Å². The van der Waals surface area contributed by atoms with Crippen molar-refractivity contribution in [1.29, 1.82) is 0 Å². The van der Waals surface area contributed by atoms with E-state index in [2.05, 4.69) is 38.7 Å². The number of benzene rings is 2. The number of imide groups is 1. The van der Waals surface area contributed by atoms with Gasteiger partial charge in [-0.3, -0.25) is 24.6 Å². The number of nitrogens with zero attached hydrogens (tertiary/aromatic N) is 5. The zero-order valence-electron chi connectivity index (χ0n) is 20.9. The van der Waals surface area contributed by atoms with Gasteiger partial charge in [-0.15, -0.1) is 5.10 Å². The summed E-state index contributed by atoms with van der Waals surface area (Å²) >= 11 is 0. The van der Waals surface area contributed by atoms with E-state index in [1.54, 1.807) is 15.6 Å². The number of fused-ring (bicyclic) bond motifs is 2. The molecule has 10 heteroatoms. The van der Waals surface area contributed by atoms with Crippen molar-refractivity contribution in [2.75, 3.05) is 13.2 Å². The Bertz CT molecular complexity index is 1380. The van der Waals surface area contributed by atoms with Crippen molar-refractivity contribution in [3.05, 3.63) is 53.1 Å². The third-order valence-corrected chi connectivity index (χ3v) is 7.75. The molecule has 0 radical (unpaired) electrons. The Labute approximate surface area is 214 Å². The summed E-state index contributed by atoms with van der Waals surface area (Å²) in [5, 5.41) is 10.7. The van der Waals surface area contributed by atoms with Gasteiger partial charge in [0.1, 0.15) is 23.9 Å². The maximum Gasteiger partial charge on any atom is 0.255 e. The number of aryl methyl sites for hydroxylation is 1. The topological polar surface area (TPSA) is 110 Å². The predicted octanol–water partition coefficient (Wildman–Crippen LogP) is 2.16. The fourth-order valence-electron chi connectivity index (χ4n) is 5.71. The molecule has 0 bridgehead atoms. The number of piperidine rings is 2. The van der Waals surface area contributed by atoms with Crippen molar-refractivity contribution in [2.45, 2.75) is 57.3 Å². The molecule has 3 amide bonds. The van der Waals surface area contributed by atoms with Gasteiger partial charge < -0.3 is 9.64 Å². The van der Waals surface area contributed by atoms with Crippen LogP contribution < -0.4 is 10.1 Å². The molecule has 0 unspecified atom stereocenters. The molecule has 0 spiro atoms. The summed E-state index contributed by atoms with van der Waals surface area (Å²) in [5.41, 5.74) is 4.59. The van der Waals surface area contributed by atoms with Gasteiger partial charge in [-0.05, 0) is 67.3 Å². The largest absolute Gasteiger partial charge is 0.492 e. The van der Waals surface area contributed by atoms with Crippen LogP contribution in [-0.2, 0) is 29.7 Å². The van der Waals surface area contributed by atoms with Crippen molar-refractivity contribution < 1.29 is 19.1 Å². The van der Waals surface area contributed by atoms with E-state index in [1.165, 1.54) is 18.4 Å². The molecule has 0 saturated carbocycles. The number of aromatic nitrogens is 3. The first kappa shape index (κ1) is 23.6. The summed E-state index contributed by atoms with van der Waals surface area (Å²) in [7, 11) is 1.90. The van der Waals surface area contributed by atoms with Gasteiger partial charge in [0, 0.05) is 38.2 Å². The summed E-state index contributed by atoms with van der Waals surface area (Å²) in [5.74, 6) is -0.130. The van der Waals surface area contributed by atoms with Crippen LogP contribution in [0.3, 0.4) is 0 Å². The maximum atomic E-state index is 12.9. The molecule has 37 heavy (non-hydrogen) atoms. The van der Waals surface area contributed by atoms with E-state index in [9.17, 15) is 14.4 Å². The standard InChI is InChI=1S/C27H30N6O4/c1-31-23-8-5-17(12-22(23)29-30-31)14-32-11-3-2-4-19(32)16-37-20-6-7-21-18(13-20)15-33(27(21)36)24-9-10-25(34)28-26(24)35/h5-8,12-13,19,24H,2-4,9-11,14-16H2,1H3,(H,28,34,35)/t19-,24-/m1/s1. The van der Waals surface area contributed by atoms with E-state index in [1.807, 2.05) is 19.2 Å². The molecule has 2 atom stereocenters. The molecular formula is C27H30N6O4. The summed E-state index contributed by atoms with van der Waals surface area (Å²) in [6, 6.07) is 11.5. The number of carbonyl (C=O) groups is 3. The molecule has 1 N–H and O–H groups in total. The minimum absolute atomic E-state index is 0.172. The van der Waals surface area contributed by atoms with E-state index in [0.717, 1.165) is 41.9 Å². The van der Waals surface area contributed by atoms with Gasteiger partial charge in [0.25, 0.3) is 5.91 Å². The lowest BCUT2D eigenvalue weighted by Gasteiger charge is -2.35. The van der Waals surface area contributed by atoms with Crippen LogP contribution in [0.5, 0.6) is 5.75 Å². The molecule has 192 valence electrons. The molecule has 3 aliphatic rings. The second-order valence-corrected chi connectivity index (χ2v) is 10.2. The van der Waals surface area contributed by atoms with Crippen LogP contribution in [0.4, 0.5) is 0 Å². The smallest absolute Gasteiger partial charge is 0.255 e. The van der Waals surface area contributed by atoms with Crippen LogP contribution in [0.1, 0.15) is 53.6 Å². The van der Waals surface area contributed by atoms with Gasteiger partial charge in [-0.2, -0.15) is 0 Å². The molecular weight excluding hydrogens is 472 g/mol. The first-order valence-corrected chi connectivity index (χ1v) is 12.9. The number of amides is 3. The van der Waals surface area contributed by atoms with Gasteiger partial charge >= 0.3 is 0 Å². The second-order valence-electron chi connectivity index (χ2n) is 10.2. The Balaban J connectivity index is 1.11. The van der Waals surface area contributed by atoms with Gasteiger partial charge in [0.05, 0.1) is 5.52 Å². The number of carbonyl (C=O) groups excluding carboxylic acids is 3. The van der Waals surface area contributed by atoms with Gasteiger partial charge in [-0.25, -0.2) is 4.68 Å². The number of rotatable bonds is 6. The van der Waals surface area contributed by atoms with E-state index in [4.69, 9.17) is 4.74 Å². The van der Waals surface area contributed by atoms with E-state index in [-0.39, 0.29) is 18.2 Å². The quantitative estimate of drug-likeness (QED) is 0.515. The molecule has 3 aliphatic heterocycles. The molecule has 0 aliphatic carbocycles. The van der Waals surface area contributed by atoms with Crippen molar-refractivity contribution in [1.82, 2.24) is 30.1 Å². The van der Waals surface area contributed by atoms with Crippen molar-refractivity contribution in [3.8, 4) is 5.75 Å². The lowest BCUT2D eigenvalue weighted by molar-refractivity contribution is -0.136. The number of ether oxygens (including phenoxy) is 1. The van der Waals surface area contributed by atoms with Crippen molar-refractivity contribution >= 4 is 28.8 Å². The van der Waals surface area contributed by atoms with Crippen LogP contribution in [-0.4, -0.2) is 67.8 Å². The minimum Gasteiger partial charge on any atom is -0.492 e. The van der Waals surface area contributed by atoms with Crippen molar-refractivity contribution in [3.63, 3.8) is 0 Å². The molecule has 1 aromatic heterocycles. The van der Waals surface area contributed by atoms with Crippen LogP contribution in [0.25, 0.3) is 11.0 Å². The predicted molar refractivity (Wildman–Crippen MR) is 135 cm³/mol. The highest BCUT2D eigenvalue weighted by Crippen LogP contribution is 2.31. The molecule has 2 aromatic carbocycles. The maximum absolute atomic E-state index is 12.9. The van der Waals surface area contributed by atoms with Crippen LogP contribution in [0.15, 0.2) is 36.4 Å². The summed E-state index contributed by atoms with van der Waals surface area (Å²) in [6.07, 6.45) is 4.01. The normalized spacial score (nSPS) is 22.4. The lowest BCUT2D eigenvalue weighted by atomic mass is 10.0. The molecule has 6 rings (SSSR count). The summed E-state index contributed by atoms with van der Waals surface area (Å²) < 4.78 is 8.02. The fraction of sp³-hybridized carbons (Fsp3) is 0.444. The van der Waals surface area contributed by atoms with Gasteiger partial charge in [0.15, 0.2) is 0 Å². The van der Waals surface area contributed by atoms with E-state index < -0.39 is 11.9 Å². The van der Waals surface area contributed by atoms with Crippen LogP contribution in [0, 0.1) is 0 Å². The highest BCUT2D eigenvalue weighted by Gasteiger charge is 2.39. The zero-order valence-corrected chi connectivity index (χ0v) is 20.9. The highest BCUT2D eigenvalue weighted by atomic mass is 16.5. The van der Waals surface area contributed by atoms with Crippen molar-refractivity contribution in [2.24, 2.45) is 7.05 Å². The summed E-state index contributed by atoms with van der Waals surface area (Å²) in [4.78, 5) is 40.8. The fourth-order valence-corrected chi connectivity index (χ4v) is 5.71. The molecule has 10 nitrogen and oxygen atoms in total. The average molecular weight is 503 g/mol. The number of hydrogen-bond acceptors (Lipinski definition) is 7. The number of nitrogens with one attached hydrogen (secondary N) is 1. The SMILES string of the molecule is Cn1nnc2cc(CN3CCCC[C@@H]3COc3ccc4c(c3)CN([C@@H]3CCC(=O)NC3=O)C4=O)ccc21. The Hall–Kier alpha value is -3.79. The minimum atomic E-state index is -0.612. The molecule has 2 fully saturated rings. The lowest BCUT2D eigenvalue weighted by Crippen LogP contribution is -2.52. The summed E-state index contributed by atoms with van der Waals surface area (Å²) in [6.45, 7) is 2.77. The van der Waals surface area contributed by atoms with E-state index >= 15 is 0 Å². The second kappa shape index (κ2) is 9.59. The zero-order chi connectivity index (χ0) is 25.5. The average Bonchev–Trinajstić information content (AvgIpc) is 3.42. The highest BCUT2D eigenvalue weighted by molar-refractivity contribution is 6.05. The number of hydrogen-bond donors (Lipinski definition) is 1. The molecule has 2 saturated heterocycles. The van der Waals surface area contributed by atoms with Crippen LogP contribution >= 0.6 is 0 Å². The molecule has 4 heterocycles. The Morgan fingerprint density at radius 3 is 2.84 bits per heavy atom. The third kappa shape index (κ3) is 4.57. The Morgan fingerprint density at radius 1 is 1.08 bits per heavy atom. The molecule has 3 aromatic rings. The monoisotopic (exact) mass is 502 g/mol. The first-order chi connectivity index (χ1) is 18.0. The van der Waals surface area contributed by atoms with Crippen LogP contribution in [0.2, 0.25) is 0 Å². The Morgan fingerprint density at radius 2 is 1.97 bits per heavy atom.